The minimum Gasteiger partial charge on any atom is -0.382 e. The summed E-state index contributed by atoms with van der Waals surface area (Å²) in [6, 6.07) is 4.19. The molecule has 1 aromatic heterocycles. The van der Waals surface area contributed by atoms with Gasteiger partial charge >= 0.3 is 0 Å². The molecule has 0 radical (unpaired) electrons. The summed E-state index contributed by atoms with van der Waals surface area (Å²) in [5.74, 6) is 0.529. The second-order valence-corrected chi connectivity index (χ2v) is 5.37. The summed E-state index contributed by atoms with van der Waals surface area (Å²) in [4.78, 5) is 5.64. The van der Waals surface area contributed by atoms with Gasteiger partial charge in [-0.15, -0.1) is 11.3 Å². The molecule has 0 aliphatic carbocycles. The third-order valence-electron chi connectivity index (χ3n) is 2.67. The number of rotatable bonds is 11. The van der Waals surface area contributed by atoms with Gasteiger partial charge in [0.15, 0.2) is 5.96 Å². The van der Waals surface area contributed by atoms with Crippen molar-refractivity contribution in [1.29, 1.82) is 0 Å². The SMILES string of the molecule is COCCOCCCCN=C(N)NCCc1cccs1. The number of hydrogen-bond donors (Lipinski definition) is 2. The van der Waals surface area contributed by atoms with Gasteiger partial charge in [0, 0.05) is 31.7 Å². The number of nitrogens with two attached hydrogens (primary N) is 1. The van der Waals surface area contributed by atoms with Crippen LogP contribution in [0, 0.1) is 0 Å². The Kier molecular flexibility index (Phi) is 9.91. The fourth-order valence-electron chi connectivity index (χ4n) is 1.58. The maximum Gasteiger partial charge on any atom is 0.188 e. The number of nitrogens with zero attached hydrogens (tertiary/aromatic N) is 1. The van der Waals surface area contributed by atoms with E-state index in [0.717, 1.165) is 39.0 Å². The fraction of sp³-hybridized carbons (Fsp3) is 0.643. The van der Waals surface area contributed by atoms with Gasteiger partial charge in [0.25, 0.3) is 0 Å². The highest BCUT2D eigenvalue weighted by Crippen LogP contribution is 2.07. The number of thiophene rings is 1. The zero-order chi connectivity index (χ0) is 14.5. The first-order valence-electron chi connectivity index (χ1n) is 6.96. The van der Waals surface area contributed by atoms with Crippen LogP contribution < -0.4 is 11.1 Å². The van der Waals surface area contributed by atoms with E-state index in [2.05, 4.69) is 27.8 Å². The van der Waals surface area contributed by atoms with Crippen LogP contribution in [-0.4, -0.2) is 46.0 Å². The number of aliphatic imine (C=N–C) groups is 1. The Balaban J connectivity index is 1.93. The highest BCUT2D eigenvalue weighted by atomic mass is 32.1. The van der Waals surface area contributed by atoms with Gasteiger partial charge in [-0.25, -0.2) is 0 Å². The third kappa shape index (κ3) is 8.90. The lowest BCUT2D eigenvalue weighted by molar-refractivity contribution is 0.0690. The van der Waals surface area contributed by atoms with E-state index in [9.17, 15) is 0 Å². The van der Waals surface area contributed by atoms with Gasteiger partial charge in [0.05, 0.1) is 13.2 Å². The normalized spacial score (nSPS) is 11.8. The molecule has 0 bridgehead atoms. The number of guanidine groups is 1. The van der Waals surface area contributed by atoms with E-state index < -0.39 is 0 Å². The first-order valence-corrected chi connectivity index (χ1v) is 7.83. The second-order valence-electron chi connectivity index (χ2n) is 4.34. The maximum atomic E-state index is 5.79. The largest absolute Gasteiger partial charge is 0.382 e. The number of nitrogens with one attached hydrogen (secondary N) is 1. The average Bonchev–Trinajstić information content (AvgIpc) is 2.95. The fourth-order valence-corrected chi connectivity index (χ4v) is 2.29. The number of ether oxygens (including phenoxy) is 2. The van der Waals surface area contributed by atoms with E-state index >= 15 is 0 Å². The molecule has 0 saturated heterocycles. The van der Waals surface area contributed by atoms with Crippen LogP contribution in [0.15, 0.2) is 22.5 Å². The lowest BCUT2D eigenvalue weighted by Gasteiger charge is -2.05. The molecule has 114 valence electrons. The van der Waals surface area contributed by atoms with Crippen LogP contribution in [0.1, 0.15) is 17.7 Å². The van der Waals surface area contributed by atoms with Crippen molar-refractivity contribution in [3.63, 3.8) is 0 Å². The van der Waals surface area contributed by atoms with Crippen molar-refractivity contribution in [2.24, 2.45) is 10.7 Å². The molecule has 1 aromatic rings. The predicted octanol–water partition coefficient (Wildman–Crippen LogP) is 1.64. The van der Waals surface area contributed by atoms with E-state index in [-0.39, 0.29) is 0 Å². The molecule has 1 heterocycles. The first-order chi connectivity index (χ1) is 9.83. The van der Waals surface area contributed by atoms with Crippen LogP contribution >= 0.6 is 11.3 Å². The summed E-state index contributed by atoms with van der Waals surface area (Å²) in [6.07, 6.45) is 2.97. The molecule has 1 rings (SSSR count). The van der Waals surface area contributed by atoms with Gasteiger partial charge in [-0.1, -0.05) is 6.07 Å². The third-order valence-corrected chi connectivity index (χ3v) is 3.60. The molecule has 5 nitrogen and oxygen atoms in total. The van der Waals surface area contributed by atoms with E-state index in [4.69, 9.17) is 15.2 Å². The molecule has 0 atom stereocenters. The van der Waals surface area contributed by atoms with Crippen molar-refractivity contribution in [3.05, 3.63) is 22.4 Å². The first kappa shape index (κ1) is 16.9. The minimum absolute atomic E-state index is 0.529. The summed E-state index contributed by atoms with van der Waals surface area (Å²) in [6.45, 7) is 3.64. The van der Waals surface area contributed by atoms with Crippen LogP contribution in [0.25, 0.3) is 0 Å². The number of unbranched alkanes of at least 4 members (excludes halogenated alkanes) is 1. The summed E-state index contributed by atoms with van der Waals surface area (Å²) < 4.78 is 10.3. The van der Waals surface area contributed by atoms with Crippen molar-refractivity contribution in [1.82, 2.24) is 5.32 Å². The Morgan fingerprint density at radius 3 is 3.00 bits per heavy atom. The minimum atomic E-state index is 0.529. The standard InChI is InChI=1S/C14H25N3O2S/c1-18-10-11-19-9-3-2-7-16-14(15)17-8-6-13-5-4-12-20-13/h4-5,12H,2-3,6-11H2,1H3,(H3,15,16,17). The molecule has 0 aliphatic rings. The monoisotopic (exact) mass is 299 g/mol. The summed E-state index contributed by atoms with van der Waals surface area (Å²) in [5, 5.41) is 5.21. The van der Waals surface area contributed by atoms with E-state index in [0.29, 0.717) is 19.2 Å². The summed E-state index contributed by atoms with van der Waals surface area (Å²) >= 11 is 1.76. The molecular weight excluding hydrogens is 274 g/mol. The molecule has 0 spiro atoms. The van der Waals surface area contributed by atoms with E-state index in [1.54, 1.807) is 18.4 Å². The van der Waals surface area contributed by atoms with Gasteiger partial charge in [-0.05, 0) is 30.7 Å². The Bertz CT molecular complexity index is 355. The van der Waals surface area contributed by atoms with Crippen LogP contribution in [0.4, 0.5) is 0 Å². The lowest BCUT2D eigenvalue weighted by Crippen LogP contribution is -2.33. The topological polar surface area (TPSA) is 68.9 Å². The highest BCUT2D eigenvalue weighted by Gasteiger charge is 1.95. The molecule has 0 aliphatic heterocycles. The average molecular weight is 299 g/mol. The van der Waals surface area contributed by atoms with Crippen molar-refractivity contribution >= 4 is 17.3 Å². The Hall–Kier alpha value is -1.11. The lowest BCUT2D eigenvalue weighted by atomic mass is 10.3. The molecule has 0 fully saturated rings. The quantitative estimate of drug-likeness (QED) is 0.370. The summed E-state index contributed by atoms with van der Waals surface area (Å²) in [5.41, 5.74) is 5.79. The van der Waals surface area contributed by atoms with Crippen LogP contribution in [0.2, 0.25) is 0 Å². The van der Waals surface area contributed by atoms with Gasteiger partial charge in [0.1, 0.15) is 0 Å². The van der Waals surface area contributed by atoms with E-state index in [1.165, 1.54) is 4.88 Å². The van der Waals surface area contributed by atoms with Crippen LogP contribution in [0.5, 0.6) is 0 Å². The van der Waals surface area contributed by atoms with Crippen molar-refractivity contribution in [2.45, 2.75) is 19.3 Å². The Labute approximate surface area is 125 Å². The van der Waals surface area contributed by atoms with Crippen LogP contribution in [-0.2, 0) is 15.9 Å². The number of hydrogen-bond acceptors (Lipinski definition) is 4. The summed E-state index contributed by atoms with van der Waals surface area (Å²) in [7, 11) is 1.67. The maximum absolute atomic E-state index is 5.79. The molecule has 0 unspecified atom stereocenters. The predicted molar refractivity (Wildman–Crippen MR) is 84.4 cm³/mol. The molecule has 3 N–H and O–H groups in total. The Morgan fingerprint density at radius 2 is 2.25 bits per heavy atom. The smallest absolute Gasteiger partial charge is 0.188 e. The second kappa shape index (κ2) is 11.7. The highest BCUT2D eigenvalue weighted by molar-refractivity contribution is 7.09. The molecule has 6 heteroatoms. The van der Waals surface area contributed by atoms with Crippen molar-refractivity contribution < 1.29 is 9.47 Å². The molecular formula is C14H25N3O2S. The Morgan fingerprint density at radius 1 is 1.35 bits per heavy atom. The van der Waals surface area contributed by atoms with Gasteiger partial charge in [-0.3, -0.25) is 4.99 Å². The zero-order valence-electron chi connectivity index (χ0n) is 12.1. The zero-order valence-corrected chi connectivity index (χ0v) is 13.0. The molecule has 0 aromatic carbocycles. The van der Waals surface area contributed by atoms with Crippen LogP contribution in [0.3, 0.4) is 0 Å². The van der Waals surface area contributed by atoms with E-state index in [1.807, 2.05) is 0 Å². The molecule has 20 heavy (non-hydrogen) atoms. The number of methoxy groups -OCH3 is 1. The van der Waals surface area contributed by atoms with Gasteiger partial charge in [0.2, 0.25) is 0 Å². The van der Waals surface area contributed by atoms with Crippen molar-refractivity contribution in [2.75, 3.05) is 40.0 Å². The molecule has 0 saturated carbocycles. The molecule has 0 amide bonds. The van der Waals surface area contributed by atoms with Gasteiger partial charge in [-0.2, -0.15) is 0 Å². The van der Waals surface area contributed by atoms with Crippen molar-refractivity contribution in [3.8, 4) is 0 Å². The van der Waals surface area contributed by atoms with Gasteiger partial charge < -0.3 is 20.5 Å².